The van der Waals surface area contributed by atoms with Crippen molar-refractivity contribution >= 4 is 35.1 Å². The summed E-state index contributed by atoms with van der Waals surface area (Å²) < 4.78 is 0. The SMILES string of the molecule is CNC(=O)Nc1ccc(NC(=O)c2cc(C3CC3)nc(SC)c2C#N)cc1. The summed E-state index contributed by atoms with van der Waals surface area (Å²) in [5.74, 6) is 0.0309. The third-order valence-corrected chi connectivity index (χ3v) is 4.86. The van der Waals surface area contributed by atoms with Crippen molar-refractivity contribution in [1.29, 1.82) is 5.26 Å². The smallest absolute Gasteiger partial charge is 0.318 e. The van der Waals surface area contributed by atoms with E-state index >= 15 is 0 Å². The molecule has 2 aromatic rings. The molecule has 0 saturated heterocycles. The number of pyridine rings is 1. The summed E-state index contributed by atoms with van der Waals surface area (Å²) >= 11 is 1.37. The first kappa shape index (κ1) is 18.7. The number of aromatic nitrogens is 1. The molecule has 0 radical (unpaired) electrons. The number of nitrogens with one attached hydrogen (secondary N) is 3. The van der Waals surface area contributed by atoms with Gasteiger partial charge >= 0.3 is 6.03 Å². The van der Waals surface area contributed by atoms with Crippen LogP contribution in [0.3, 0.4) is 0 Å². The van der Waals surface area contributed by atoms with Crippen molar-refractivity contribution in [3.63, 3.8) is 0 Å². The Labute approximate surface area is 161 Å². The molecule has 1 aliphatic carbocycles. The van der Waals surface area contributed by atoms with E-state index in [1.165, 1.54) is 18.8 Å². The molecule has 138 valence electrons. The van der Waals surface area contributed by atoms with E-state index in [9.17, 15) is 14.9 Å². The first-order chi connectivity index (χ1) is 13.0. The van der Waals surface area contributed by atoms with Gasteiger partial charge in [0, 0.05) is 30.0 Å². The molecule has 0 spiro atoms. The summed E-state index contributed by atoms with van der Waals surface area (Å²) in [6.07, 6.45) is 3.97. The number of benzene rings is 1. The molecule has 3 amide bonds. The first-order valence-corrected chi connectivity index (χ1v) is 9.67. The fourth-order valence-corrected chi connectivity index (χ4v) is 3.15. The minimum atomic E-state index is -0.349. The predicted octanol–water partition coefficient (Wildman–Crippen LogP) is 3.56. The van der Waals surface area contributed by atoms with Crippen LogP contribution in [0.15, 0.2) is 35.4 Å². The van der Waals surface area contributed by atoms with Gasteiger partial charge in [0.15, 0.2) is 0 Å². The largest absolute Gasteiger partial charge is 0.341 e. The zero-order valence-corrected chi connectivity index (χ0v) is 15.8. The number of amides is 3. The molecule has 0 atom stereocenters. The number of hydrogen-bond donors (Lipinski definition) is 3. The van der Waals surface area contributed by atoms with Crippen LogP contribution < -0.4 is 16.0 Å². The Morgan fingerprint density at radius 1 is 1.19 bits per heavy atom. The maximum absolute atomic E-state index is 12.8. The zero-order chi connectivity index (χ0) is 19.4. The second-order valence-corrected chi connectivity index (χ2v) is 6.90. The second kappa shape index (κ2) is 8.10. The Kier molecular flexibility index (Phi) is 5.62. The monoisotopic (exact) mass is 381 g/mol. The van der Waals surface area contributed by atoms with Gasteiger partial charge in [-0.05, 0) is 49.4 Å². The Morgan fingerprint density at radius 3 is 2.33 bits per heavy atom. The van der Waals surface area contributed by atoms with E-state index in [-0.39, 0.29) is 11.9 Å². The number of nitrogens with zero attached hydrogens (tertiary/aromatic N) is 2. The third kappa shape index (κ3) is 4.38. The number of nitriles is 1. The van der Waals surface area contributed by atoms with Gasteiger partial charge in [-0.1, -0.05) is 0 Å². The number of carbonyl (C=O) groups excluding carboxylic acids is 2. The Balaban J connectivity index is 1.82. The van der Waals surface area contributed by atoms with Gasteiger partial charge in [0.2, 0.25) is 0 Å². The summed E-state index contributed by atoms with van der Waals surface area (Å²) in [6, 6.07) is 10.3. The summed E-state index contributed by atoms with van der Waals surface area (Å²) in [5.41, 5.74) is 2.68. The van der Waals surface area contributed by atoms with E-state index in [1.807, 2.05) is 6.26 Å². The number of carbonyl (C=O) groups is 2. The van der Waals surface area contributed by atoms with Crippen LogP contribution in [0.1, 0.15) is 40.4 Å². The fourth-order valence-electron chi connectivity index (χ4n) is 2.59. The fraction of sp³-hybridized carbons (Fsp3) is 0.263. The molecule has 1 aromatic heterocycles. The maximum atomic E-state index is 12.8. The van der Waals surface area contributed by atoms with Crippen LogP contribution >= 0.6 is 11.8 Å². The molecule has 3 rings (SSSR count). The topological polar surface area (TPSA) is 107 Å². The van der Waals surface area contributed by atoms with Crippen molar-refractivity contribution in [2.24, 2.45) is 0 Å². The molecule has 0 unspecified atom stereocenters. The first-order valence-electron chi connectivity index (χ1n) is 8.45. The number of hydrogen-bond acceptors (Lipinski definition) is 5. The molecule has 1 heterocycles. The molecule has 0 bridgehead atoms. The maximum Gasteiger partial charge on any atom is 0.318 e. The predicted molar refractivity (Wildman–Crippen MR) is 105 cm³/mol. The van der Waals surface area contributed by atoms with Crippen LogP contribution in [0.2, 0.25) is 0 Å². The summed E-state index contributed by atoms with van der Waals surface area (Å²) in [6.45, 7) is 0. The van der Waals surface area contributed by atoms with Crippen LogP contribution in [0, 0.1) is 11.3 Å². The molecule has 1 aromatic carbocycles. The van der Waals surface area contributed by atoms with E-state index in [2.05, 4.69) is 27.0 Å². The van der Waals surface area contributed by atoms with Crippen LogP contribution in [-0.2, 0) is 0 Å². The van der Waals surface area contributed by atoms with Gasteiger partial charge in [-0.2, -0.15) is 5.26 Å². The van der Waals surface area contributed by atoms with E-state index in [0.717, 1.165) is 18.5 Å². The Hall–Kier alpha value is -3.05. The van der Waals surface area contributed by atoms with Crippen LogP contribution in [-0.4, -0.2) is 30.2 Å². The highest BCUT2D eigenvalue weighted by atomic mass is 32.2. The Bertz CT molecular complexity index is 917. The van der Waals surface area contributed by atoms with Gasteiger partial charge in [-0.15, -0.1) is 11.8 Å². The summed E-state index contributed by atoms with van der Waals surface area (Å²) in [7, 11) is 1.53. The van der Waals surface area contributed by atoms with Crippen molar-refractivity contribution in [2.75, 3.05) is 23.9 Å². The lowest BCUT2D eigenvalue weighted by Gasteiger charge is -2.11. The van der Waals surface area contributed by atoms with Crippen molar-refractivity contribution in [2.45, 2.75) is 23.8 Å². The number of rotatable bonds is 5. The van der Waals surface area contributed by atoms with Gasteiger partial charge in [0.05, 0.1) is 11.1 Å². The van der Waals surface area contributed by atoms with Gasteiger partial charge < -0.3 is 16.0 Å². The molecule has 1 aliphatic rings. The van der Waals surface area contributed by atoms with E-state index in [1.54, 1.807) is 30.3 Å². The minimum Gasteiger partial charge on any atom is -0.341 e. The lowest BCUT2D eigenvalue weighted by molar-refractivity contribution is 0.102. The van der Waals surface area contributed by atoms with Crippen LogP contribution in [0.4, 0.5) is 16.2 Å². The quantitative estimate of drug-likeness (QED) is 0.687. The van der Waals surface area contributed by atoms with Crippen molar-refractivity contribution in [1.82, 2.24) is 10.3 Å². The van der Waals surface area contributed by atoms with Crippen molar-refractivity contribution in [3.05, 3.63) is 47.2 Å². The molecular formula is C19H19N5O2S. The van der Waals surface area contributed by atoms with Crippen molar-refractivity contribution < 1.29 is 9.59 Å². The average Bonchev–Trinajstić information content (AvgIpc) is 3.53. The van der Waals surface area contributed by atoms with E-state index < -0.39 is 0 Å². The third-order valence-electron chi connectivity index (χ3n) is 4.18. The summed E-state index contributed by atoms with van der Waals surface area (Å²) in [5, 5.41) is 18.0. The molecular weight excluding hydrogens is 362 g/mol. The molecule has 27 heavy (non-hydrogen) atoms. The number of urea groups is 1. The standard InChI is InChI=1S/C19H19N5O2S/c1-21-19(26)23-13-7-5-12(6-8-13)22-17(25)14-9-16(11-3-4-11)24-18(27-2)15(14)10-20/h5-9,11H,3-4H2,1-2H3,(H,22,25)(H2,21,23,26). The molecule has 1 fully saturated rings. The van der Waals surface area contributed by atoms with Gasteiger partial charge in [-0.3, -0.25) is 4.79 Å². The van der Waals surface area contributed by atoms with E-state index in [0.29, 0.717) is 33.4 Å². The van der Waals surface area contributed by atoms with Gasteiger partial charge in [-0.25, -0.2) is 9.78 Å². The van der Waals surface area contributed by atoms with Crippen LogP contribution in [0.5, 0.6) is 0 Å². The highest BCUT2D eigenvalue weighted by Gasteiger charge is 2.28. The molecule has 3 N–H and O–H groups in total. The second-order valence-electron chi connectivity index (χ2n) is 6.10. The summed E-state index contributed by atoms with van der Waals surface area (Å²) in [4.78, 5) is 28.6. The van der Waals surface area contributed by atoms with Crippen molar-refractivity contribution in [3.8, 4) is 6.07 Å². The minimum absolute atomic E-state index is 0.294. The van der Waals surface area contributed by atoms with Crippen LogP contribution in [0.25, 0.3) is 0 Å². The van der Waals surface area contributed by atoms with Gasteiger partial charge in [0.1, 0.15) is 11.1 Å². The normalized spacial score (nSPS) is 12.8. The highest BCUT2D eigenvalue weighted by molar-refractivity contribution is 7.98. The lowest BCUT2D eigenvalue weighted by atomic mass is 10.1. The average molecular weight is 381 g/mol. The zero-order valence-electron chi connectivity index (χ0n) is 15.0. The molecule has 8 heteroatoms. The molecule has 0 aliphatic heterocycles. The van der Waals surface area contributed by atoms with Gasteiger partial charge in [0.25, 0.3) is 5.91 Å². The Morgan fingerprint density at radius 2 is 1.81 bits per heavy atom. The lowest BCUT2D eigenvalue weighted by Crippen LogP contribution is -2.24. The number of thioether (sulfide) groups is 1. The number of anilines is 2. The van der Waals surface area contributed by atoms with E-state index in [4.69, 9.17) is 0 Å². The molecule has 7 nitrogen and oxygen atoms in total. The highest BCUT2D eigenvalue weighted by Crippen LogP contribution is 2.40. The molecule has 1 saturated carbocycles.